The van der Waals surface area contributed by atoms with E-state index in [1.807, 2.05) is 0 Å². The van der Waals surface area contributed by atoms with E-state index >= 15 is 0 Å². The van der Waals surface area contributed by atoms with Gasteiger partial charge in [-0.2, -0.15) is 0 Å². The highest BCUT2D eigenvalue weighted by Crippen LogP contribution is 2.24. The largest absolute Gasteiger partial charge is 0.507 e. The minimum Gasteiger partial charge on any atom is -0.507 e. The molecule has 0 bridgehead atoms. The SMILES string of the molecule is O=C(NCC1CCNC1)c1ccc(Br)c(O)c1. The van der Waals surface area contributed by atoms with Crippen LogP contribution in [0, 0.1) is 5.92 Å². The van der Waals surface area contributed by atoms with Crippen LogP contribution in [-0.4, -0.2) is 30.6 Å². The molecule has 0 aliphatic carbocycles. The number of carbonyl (C=O) groups is 1. The summed E-state index contributed by atoms with van der Waals surface area (Å²) in [6.45, 7) is 2.67. The molecule has 92 valence electrons. The summed E-state index contributed by atoms with van der Waals surface area (Å²) in [6, 6.07) is 4.82. The predicted octanol–water partition coefficient (Wildman–Crippen LogP) is 1.49. The normalized spacial score (nSPS) is 19.2. The third-order valence-electron chi connectivity index (χ3n) is 2.92. The van der Waals surface area contributed by atoms with Crippen LogP contribution in [0.5, 0.6) is 5.75 Å². The lowest BCUT2D eigenvalue weighted by atomic mass is 10.1. The van der Waals surface area contributed by atoms with Crippen molar-refractivity contribution in [1.82, 2.24) is 10.6 Å². The molecule has 3 N–H and O–H groups in total. The number of amides is 1. The molecule has 1 saturated heterocycles. The van der Waals surface area contributed by atoms with Crippen LogP contribution < -0.4 is 10.6 Å². The molecule has 1 aromatic carbocycles. The van der Waals surface area contributed by atoms with Gasteiger partial charge in [0.1, 0.15) is 5.75 Å². The standard InChI is InChI=1S/C12H15BrN2O2/c13-10-2-1-9(5-11(10)16)12(17)15-7-8-3-4-14-6-8/h1-2,5,8,14,16H,3-4,6-7H2,(H,15,17). The van der Waals surface area contributed by atoms with Gasteiger partial charge in [0.15, 0.2) is 0 Å². The number of nitrogens with one attached hydrogen (secondary N) is 2. The average Bonchev–Trinajstić information content (AvgIpc) is 2.82. The number of hydrogen-bond donors (Lipinski definition) is 3. The van der Waals surface area contributed by atoms with Crippen molar-refractivity contribution < 1.29 is 9.90 Å². The Kier molecular flexibility index (Phi) is 4.02. The second kappa shape index (κ2) is 5.51. The van der Waals surface area contributed by atoms with Gasteiger partial charge in [-0.1, -0.05) is 0 Å². The fourth-order valence-electron chi connectivity index (χ4n) is 1.88. The average molecular weight is 299 g/mol. The molecule has 0 radical (unpaired) electrons. The quantitative estimate of drug-likeness (QED) is 0.792. The van der Waals surface area contributed by atoms with Crippen molar-refractivity contribution in [2.75, 3.05) is 19.6 Å². The number of aromatic hydroxyl groups is 1. The highest BCUT2D eigenvalue weighted by atomic mass is 79.9. The summed E-state index contributed by atoms with van der Waals surface area (Å²) in [5.41, 5.74) is 0.483. The van der Waals surface area contributed by atoms with Crippen LogP contribution in [0.15, 0.2) is 22.7 Å². The highest BCUT2D eigenvalue weighted by molar-refractivity contribution is 9.10. The number of carbonyl (C=O) groups excluding carboxylic acids is 1. The van der Waals surface area contributed by atoms with E-state index in [1.165, 1.54) is 6.07 Å². The zero-order chi connectivity index (χ0) is 12.3. The van der Waals surface area contributed by atoms with Crippen molar-refractivity contribution in [3.05, 3.63) is 28.2 Å². The van der Waals surface area contributed by atoms with Gasteiger partial charge in [-0.15, -0.1) is 0 Å². The number of benzene rings is 1. The van der Waals surface area contributed by atoms with Crippen molar-refractivity contribution in [3.8, 4) is 5.75 Å². The van der Waals surface area contributed by atoms with E-state index in [-0.39, 0.29) is 11.7 Å². The summed E-state index contributed by atoms with van der Waals surface area (Å²) in [5.74, 6) is 0.461. The second-order valence-corrected chi connectivity index (χ2v) is 5.09. The molecule has 1 unspecified atom stereocenters. The molecule has 1 aliphatic heterocycles. The molecule has 0 saturated carbocycles. The molecule has 0 aromatic heterocycles. The van der Waals surface area contributed by atoms with E-state index in [9.17, 15) is 9.90 Å². The van der Waals surface area contributed by atoms with E-state index in [1.54, 1.807) is 12.1 Å². The molecule has 0 spiro atoms. The lowest BCUT2D eigenvalue weighted by Gasteiger charge is -2.10. The smallest absolute Gasteiger partial charge is 0.251 e. The molecule has 1 aliphatic rings. The van der Waals surface area contributed by atoms with Gasteiger partial charge in [-0.05, 0) is 59.6 Å². The maximum Gasteiger partial charge on any atom is 0.251 e. The number of hydrogen-bond acceptors (Lipinski definition) is 3. The van der Waals surface area contributed by atoms with Crippen LogP contribution in [0.4, 0.5) is 0 Å². The van der Waals surface area contributed by atoms with Gasteiger partial charge in [0.25, 0.3) is 5.91 Å². The minimum atomic E-state index is -0.139. The summed E-state index contributed by atoms with van der Waals surface area (Å²) >= 11 is 3.18. The van der Waals surface area contributed by atoms with E-state index in [0.717, 1.165) is 19.5 Å². The molecular formula is C12H15BrN2O2. The Morgan fingerprint density at radius 3 is 3.06 bits per heavy atom. The van der Waals surface area contributed by atoms with Crippen molar-refractivity contribution in [2.45, 2.75) is 6.42 Å². The van der Waals surface area contributed by atoms with Gasteiger partial charge >= 0.3 is 0 Å². The summed E-state index contributed by atoms with van der Waals surface area (Å²) in [5, 5.41) is 15.6. The predicted molar refractivity (Wildman–Crippen MR) is 69.1 cm³/mol. The summed E-state index contributed by atoms with van der Waals surface area (Å²) < 4.78 is 0.592. The molecule has 1 aromatic rings. The Bertz CT molecular complexity index is 417. The van der Waals surface area contributed by atoms with Gasteiger partial charge in [0.05, 0.1) is 4.47 Å². The number of phenols is 1. The first-order valence-corrected chi connectivity index (χ1v) is 6.43. The first-order chi connectivity index (χ1) is 8.16. The molecular weight excluding hydrogens is 284 g/mol. The zero-order valence-corrected chi connectivity index (χ0v) is 11.0. The number of phenolic OH excluding ortho intramolecular Hbond substituents is 1. The van der Waals surface area contributed by atoms with Crippen LogP contribution in [0.3, 0.4) is 0 Å². The zero-order valence-electron chi connectivity index (χ0n) is 9.37. The highest BCUT2D eigenvalue weighted by Gasteiger charge is 2.16. The molecule has 1 amide bonds. The molecule has 1 fully saturated rings. The van der Waals surface area contributed by atoms with Crippen LogP contribution >= 0.6 is 15.9 Å². The van der Waals surface area contributed by atoms with Crippen molar-refractivity contribution >= 4 is 21.8 Å². The molecule has 1 heterocycles. The van der Waals surface area contributed by atoms with E-state index in [0.29, 0.717) is 22.5 Å². The Balaban J connectivity index is 1.92. The van der Waals surface area contributed by atoms with Gasteiger partial charge in [0.2, 0.25) is 0 Å². The minimum absolute atomic E-state index is 0.0835. The summed E-state index contributed by atoms with van der Waals surface area (Å²) in [7, 11) is 0. The number of halogens is 1. The van der Waals surface area contributed by atoms with Gasteiger partial charge in [-0.3, -0.25) is 4.79 Å². The fourth-order valence-corrected chi connectivity index (χ4v) is 2.13. The van der Waals surface area contributed by atoms with E-state index < -0.39 is 0 Å². The van der Waals surface area contributed by atoms with E-state index in [2.05, 4.69) is 26.6 Å². The van der Waals surface area contributed by atoms with Gasteiger partial charge in [0, 0.05) is 12.1 Å². The second-order valence-electron chi connectivity index (χ2n) is 4.24. The molecule has 5 heteroatoms. The van der Waals surface area contributed by atoms with Crippen LogP contribution in [0.1, 0.15) is 16.8 Å². The van der Waals surface area contributed by atoms with Crippen molar-refractivity contribution in [2.24, 2.45) is 5.92 Å². The van der Waals surface area contributed by atoms with Crippen molar-refractivity contribution in [3.63, 3.8) is 0 Å². The first-order valence-electron chi connectivity index (χ1n) is 5.64. The Labute approximate surface area is 109 Å². The summed E-state index contributed by atoms with van der Waals surface area (Å²) in [4.78, 5) is 11.8. The molecule has 4 nitrogen and oxygen atoms in total. The van der Waals surface area contributed by atoms with Crippen molar-refractivity contribution in [1.29, 1.82) is 0 Å². The van der Waals surface area contributed by atoms with Crippen LogP contribution in [0.2, 0.25) is 0 Å². The summed E-state index contributed by atoms with van der Waals surface area (Å²) in [6.07, 6.45) is 1.10. The molecule has 17 heavy (non-hydrogen) atoms. The topological polar surface area (TPSA) is 61.4 Å². The first kappa shape index (κ1) is 12.4. The molecule has 1 atom stereocenters. The fraction of sp³-hybridized carbons (Fsp3) is 0.417. The lowest BCUT2D eigenvalue weighted by Crippen LogP contribution is -2.30. The van der Waals surface area contributed by atoms with Crippen LogP contribution in [0.25, 0.3) is 0 Å². The van der Waals surface area contributed by atoms with Gasteiger partial charge in [-0.25, -0.2) is 0 Å². The monoisotopic (exact) mass is 298 g/mol. The number of rotatable bonds is 3. The van der Waals surface area contributed by atoms with Gasteiger partial charge < -0.3 is 15.7 Å². The Hall–Kier alpha value is -1.07. The third kappa shape index (κ3) is 3.20. The Morgan fingerprint density at radius 2 is 2.41 bits per heavy atom. The lowest BCUT2D eigenvalue weighted by molar-refractivity contribution is 0.0948. The third-order valence-corrected chi connectivity index (χ3v) is 3.59. The Morgan fingerprint density at radius 1 is 1.59 bits per heavy atom. The maximum atomic E-state index is 11.8. The van der Waals surface area contributed by atoms with Crippen LogP contribution in [-0.2, 0) is 0 Å². The van der Waals surface area contributed by atoms with E-state index in [4.69, 9.17) is 0 Å². The molecule has 2 rings (SSSR count). The maximum absolute atomic E-state index is 11.8.